The highest BCUT2D eigenvalue weighted by atomic mass is 16.1. The molecule has 1 N–H and O–H groups in total. The summed E-state index contributed by atoms with van der Waals surface area (Å²) in [5.74, 6) is -0.0579. The zero-order valence-electron chi connectivity index (χ0n) is 15.6. The molecule has 0 saturated carbocycles. The van der Waals surface area contributed by atoms with Crippen molar-refractivity contribution in [1.29, 1.82) is 0 Å². The first-order valence-corrected chi connectivity index (χ1v) is 8.95. The number of nitrogens with zero attached hydrogens (tertiary/aromatic N) is 2. The Morgan fingerprint density at radius 2 is 1.96 bits per heavy atom. The molecule has 1 amide bonds. The summed E-state index contributed by atoms with van der Waals surface area (Å²) in [5.41, 5.74) is 3.08. The van der Waals surface area contributed by atoms with E-state index in [-0.39, 0.29) is 11.9 Å². The number of rotatable bonds is 6. The lowest BCUT2D eigenvalue weighted by atomic mass is 10.0. The minimum absolute atomic E-state index is 0.0579. The molecule has 0 unspecified atom stereocenters. The number of fused-ring (bicyclic) bond motifs is 1. The number of amides is 1. The summed E-state index contributed by atoms with van der Waals surface area (Å²) in [6.45, 7) is 2.89. The summed E-state index contributed by atoms with van der Waals surface area (Å²) in [7, 11) is 4.04. The Morgan fingerprint density at radius 3 is 2.73 bits per heavy atom. The van der Waals surface area contributed by atoms with Gasteiger partial charge in [-0.05, 0) is 55.2 Å². The molecule has 4 heteroatoms. The third-order valence-electron chi connectivity index (χ3n) is 4.52. The monoisotopic (exact) mass is 347 g/mol. The first-order chi connectivity index (χ1) is 12.6. The van der Waals surface area contributed by atoms with Crippen LogP contribution in [0.5, 0.6) is 0 Å². The number of hydrogen-bond donors (Lipinski definition) is 1. The van der Waals surface area contributed by atoms with Crippen LogP contribution in [0.25, 0.3) is 10.8 Å². The third kappa shape index (κ3) is 4.27. The van der Waals surface area contributed by atoms with E-state index in [4.69, 9.17) is 0 Å². The number of benzene rings is 2. The zero-order valence-corrected chi connectivity index (χ0v) is 15.6. The molecule has 0 fully saturated rings. The van der Waals surface area contributed by atoms with Crippen LogP contribution in [-0.2, 0) is 6.42 Å². The second kappa shape index (κ2) is 8.11. The van der Waals surface area contributed by atoms with Crippen molar-refractivity contribution in [2.75, 3.05) is 20.6 Å². The summed E-state index contributed by atoms with van der Waals surface area (Å²) in [4.78, 5) is 19.1. The van der Waals surface area contributed by atoms with E-state index in [1.807, 2.05) is 44.6 Å². The lowest BCUT2D eigenvalue weighted by Crippen LogP contribution is -2.35. The molecule has 1 atom stereocenters. The van der Waals surface area contributed by atoms with Gasteiger partial charge in [0.2, 0.25) is 0 Å². The molecule has 3 aromatic rings. The summed E-state index contributed by atoms with van der Waals surface area (Å²) < 4.78 is 0. The minimum Gasteiger partial charge on any atom is -0.344 e. The number of hydrogen-bond acceptors (Lipinski definition) is 3. The van der Waals surface area contributed by atoms with Gasteiger partial charge in [0, 0.05) is 29.9 Å². The van der Waals surface area contributed by atoms with E-state index in [2.05, 4.69) is 46.4 Å². The largest absolute Gasteiger partial charge is 0.344 e. The van der Waals surface area contributed by atoms with Gasteiger partial charge in [0.1, 0.15) is 0 Å². The van der Waals surface area contributed by atoms with Gasteiger partial charge in [0.05, 0.1) is 6.04 Å². The van der Waals surface area contributed by atoms with Crippen molar-refractivity contribution in [1.82, 2.24) is 15.2 Å². The van der Waals surface area contributed by atoms with Gasteiger partial charge in [-0.2, -0.15) is 0 Å². The van der Waals surface area contributed by atoms with Gasteiger partial charge in [-0.15, -0.1) is 0 Å². The molecule has 4 nitrogen and oxygen atoms in total. The maximum absolute atomic E-state index is 12.9. The Bertz CT molecular complexity index is 905. The number of likely N-dealkylation sites (N-methyl/N-ethyl adjacent to an activating group) is 1. The van der Waals surface area contributed by atoms with E-state index in [1.54, 1.807) is 6.20 Å². The smallest absolute Gasteiger partial charge is 0.251 e. The molecule has 1 aromatic heterocycles. The predicted molar refractivity (Wildman–Crippen MR) is 106 cm³/mol. The van der Waals surface area contributed by atoms with Crippen LogP contribution in [0.3, 0.4) is 0 Å². The zero-order chi connectivity index (χ0) is 18.5. The molecular formula is C22H25N3O. The van der Waals surface area contributed by atoms with Gasteiger partial charge >= 0.3 is 0 Å². The van der Waals surface area contributed by atoms with Gasteiger partial charge in [0.25, 0.3) is 5.91 Å². The maximum atomic E-state index is 12.9. The van der Waals surface area contributed by atoms with E-state index in [1.165, 1.54) is 5.56 Å². The quantitative estimate of drug-likeness (QED) is 0.737. The highest BCUT2D eigenvalue weighted by molar-refractivity contribution is 5.98. The molecule has 0 radical (unpaired) electrons. The van der Waals surface area contributed by atoms with Crippen molar-refractivity contribution in [2.24, 2.45) is 0 Å². The van der Waals surface area contributed by atoms with Crippen LogP contribution in [0.2, 0.25) is 0 Å². The van der Waals surface area contributed by atoms with Crippen LogP contribution in [0, 0.1) is 0 Å². The third-order valence-corrected chi connectivity index (χ3v) is 4.52. The van der Waals surface area contributed by atoms with Gasteiger partial charge in [-0.25, -0.2) is 0 Å². The Kier molecular flexibility index (Phi) is 5.64. The van der Waals surface area contributed by atoms with Crippen molar-refractivity contribution < 1.29 is 4.79 Å². The molecule has 0 aliphatic heterocycles. The predicted octanol–water partition coefficient (Wildman–Crippen LogP) is 3.83. The Labute approximate surface area is 154 Å². The van der Waals surface area contributed by atoms with Crippen LogP contribution >= 0.6 is 0 Å². The van der Waals surface area contributed by atoms with E-state index < -0.39 is 0 Å². The fourth-order valence-electron chi connectivity index (χ4n) is 3.10. The number of aryl methyl sites for hydroxylation is 1. The number of carbonyl (C=O) groups is 1. The average Bonchev–Trinajstić information content (AvgIpc) is 2.66. The molecule has 0 aliphatic carbocycles. The number of nitrogens with one attached hydrogen (secondary N) is 1. The Hall–Kier alpha value is -2.72. The van der Waals surface area contributed by atoms with Gasteiger partial charge in [-0.1, -0.05) is 37.3 Å². The number of carbonyl (C=O) groups excluding carboxylic acids is 1. The van der Waals surface area contributed by atoms with Crippen LogP contribution in [-0.4, -0.2) is 36.4 Å². The normalized spacial score (nSPS) is 12.3. The lowest BCUT2D eigenvalue weighted by molar-refractivity contribution is 0.0930. The molecule has 26 heavy (non-hydrogen) atoms. The van der Waals surface area contributed by atoms with Crippen molar-refractivity contribution in [3.63, 3.8) is 0 Å². The van der Waals surface area contributed by atoms with Gasteiger partial charge < -0.3 is 10.2 Å². The van der Waals surface area contributed by atoms with Crippen LogP contribution in [0.4, 0.5) is 0 Å². The topological polar surface area (TPSA) is 45.2 Å². The molecular weight excluding hydrogens is 322 g/mol. The van der Waals surface area contributed by atoms with Crippen molar-refractivity contribution >= 4 is 16.7 Å². The summed E-state index contributed by atoms with van der Waals surface area (Å²) in [5, 5.41) is 5.25. The van der Waals surface area contributed by atoms with E-state index >= 15 is 0 Å². The molecule has 1 heterocycles. The van der Waals surface area contributed by atoms with Crippen molar-refractivity contribution in [3.05, 3.63) is 77.6 Å². The summed E-state index contributed by atoms with van der Waals surface area (Å²) in [6, 6.07) is 16.0. The Morgan fingerprint density at radius 1 is 1.12 bits per heavy atom. The second-order valence-corrected chi connectivity index (χ2v) is 6.82. The second-order valence-electron chi connectivity index (χ2n) is 6.82. The summed E-state index contributed by atoms with van der Waals surface area (Å²) >= 11 is 0. The SMILES string of the molecule is CCc1cccc([C@@H](CN(C)C)NC(=O)c2ccc3cnccc3c2)c1. The lowest BCUT2D eigenvalue weighted by Gasteiger charge is -2.23. The molecule has 2 aromatic carbocycles. The first kappa shape index (κ1) is 18.1. The standard InChI is InChI=1S/C22H25N3O/c1-4-16-6-5-7-18(12-16)21(15-25(2)3)24-22(26)19-8-9-20-14-23-11-10-17(20)13-19/h5-14,21H,4,15H2,1-3H3,(H,24,26)/t21-/m1/s1. The van der Waals surface area contributed by atoms with Crippen LogP contribution < -0.4 is 5.32 Å². The van der Waals surface area contributed by atoms with Gasteiger partial charge in [0.15, 0.2) is 0 Å². The van der Waals surface area contributed by atoms with E-state index in [0.29, 0.717) is 5.56 Å². The molecule has 3 rings (SSSR count). The van der Waals surface area contributed by atoms with Crippen LogP contribution in [0.1, 0.15) is 34.5 Å². The van der Waals surface area contributed by atoms with E-state index in [0.717, 1.165) is 29.3 Å². The fraction of sp³-hybridized carbons (Fsp3) is 0.273. The summed E-state index contributed by atoms with van der Waals surface area (Å²) in [6.07, 6.45) is 4.53. The maximum Gasteiger partial charge on any atom is 0.251 e. The van der Waals surface area contributed by atoms with E-state index in [9.17, 15) is 4.79 Å². The van der Waals surface area contributed by atoms with Crippen molar-refractivity contribution in [2.45, 2.75) is 19.4 Å². The first-order valence-electron chi connectivity index (χ1n) is 8.95. The average molecular weight is 347 g/mol. The molecule has 0 saturated heterocycles. The van der Waals surface area contributed by atoms with Crippen LogP contribution in [0.15, 0.2) is 60.9 Å². The molecule has 0 aliphatic rings. The van der Waals surface area contributed by atoms with Gasteiger partial charge in [-0.3, -0.25) is 9.78 Å². The van der Waals surface area contributed by atoms with Crippen molar-refractivity contribution in [3.8, 4) is 0 Å². The number of aromatic nitrogens is 1. The highest BCUT2D eigenvalue weighted by Crippen LogP contribution is 2.19. The fourth-order valence-corrected chi connectivity index (χ4v) is 3.10. The minimum atomic E-state index is -0.0582. The molecule has 0 bridgehead atoms. The molecule has 134 valence electrons. The Balaban J connectivity index is 1.85. The molecule has 0 spiro atoms. The number of pyridine rings is 1. The highest BCUT2D eigenvalue weighted by Gasteiger charge is 2.17.